The van der Waals surface area contributed by atoms with Crippen molar-refractivity contribution in [2.24, 2.45) is 5.92 Å². The van der Waals surface area contributed by atoms with E-state index in [1.54, 1.807) is 0 Å². The van der Waals surface area contributed by atoms with E-state index in [1.807, 2.05) is 0 Å². The highest BCUT2D eigenvalue weighted by Crippen LogP contribution is 2.24. The van der Waals surface area contributed by atoms with Gasteiger partial charge in [-0.3, -0.25) is 14.4 Å². The number of amides is 3. The molecule has 0 aromatic rings. The maximum absolute atomic E-state index is 11.8. The van der Waals surface area contributed by atoms with Crippen molar-refractivity contribution in [2.45, 2.75) is 57.4 Å². The van der Waals surface area contributed by atoms with Crippen molar-refractivity contribution in [3.05, 3.63) is 0 Å². The van der Waals surface area contributed by atoms with E-state index < -0.39 is 6.04 Å². The van der Waals surface area contributed by atoms with Gasteiger partial charge in [0, 0.05) is 25.4 Å². The Morgan fingerprint density at radius 3 is 2.57 bits per heavy atom. The molecule has 0 radical (unpaired) electrons. The van der Waals surface area contributed by atoms with Gasteiger partial charge >= 0.3 is 0 Å². The van der Waals surface area contributed by atoms with E-state index in [9.17, 15) is 14.4 Å². The summed E-state index contributed by atoms with van der Waals surface area (Å²) in [6, 6.07) is -0.425. The van der Waals surface area contributed by atoms with Gasteiger partial charge in [-0.05, 0) is 32.1 Å². The molecule has 1 saturated carbocycles. The molecule has 118 valence electrons. The van der Waals surface area contributed by atoms with Crippen molar-refractivity contribution >= 4 is 17.7 Å². The average molecular weight is 295 g/mol. The van der Waals surface area contributed by atoms with Gasteiger partial charge in [0.1, 0.15) is 6.04 Å². The first-order chi connectivity index (χ1) is 10.2. The highest BCUT2D eigenvalue weighted by atomic mass is 16.2. The van der Waals surface area contributed by atoms with Crippen LogP contribution < -0.4 is 16.0 Å². The quantitative estimate of drug-likeness (QED) is 0.689. The number of carbonyl (C=O) groups excluding carboxylic acids is 3. The number of rotatable bonds is 5. The first-order valence-corrected chi connectivity index (χ1v) is 8.01. The molecule has 0 bridgehead atoms. The van der Waals surface area contributed by atoms with Crippen LogP contribution in [-0.4, -0.2) is 36.9 Å². The van der Waals surface area contributed by atoms with Gasteiger partial charge in [0.25, 0.3) is 0 Å². The predicted octanol–water partition coefficient (Wildman–Crippen LogP) is 0.468. The molecule has 1 aliphatic carbocycles. The van der Waals surface area contributed by atoms with Gasteiger partial charge in [-0.15, -0.1) is 0 Å². The molecule has 1 heterocycles. The number of carbonyl (C=O) groups is 3. The standard InChI is InChI=1S/C15H25N3O3/c19-13(18-12-7-3-4-9-16-15(12)21)8-10-17-14(20)11-5-1-2-6-11/h11-12H,1-10H2,(H,16,21)(H,17,20)(H,18,19)/t12-/m1/s1. The van der Waals surface area contributed by atoms with E-state index in [-0.39, 0.29) is 30.1 Å². The van der Waals surface area contributed by atoms with Gasteiger partial charge < -0.3 is 16.0 Å². The zero-order valence-electron chi connectivity index (χ0n) is 12.5. The predicted molar refractivity (Wildman–Crippen MR) is 78.4 cm³/mol. The molecule has 3 amide bonds. The Hall–Kier alpha value is -1.59. The molecule has 6 nitrogen and oxygen atoms in total. The zero-order chi connectivity index (χ0) is 15.1. The summed E-state index contributed by atoms with van der Waals surface area (Å²) in [6.45, 7) is 1.03. The molecular formula is C15H25N3O3. The van der Waals surface area contributed by atoms with Crippen LogP contribution in [0.25, 0.3) is 0 Å². The van der Waals surface area contributed by atoms with Gasteiger partial charge in [0.05, 0.1) is 0 Å². The molecule has 1 atom stereocenters. The van der Waals surface area contributed by atoms with Crippen LogP contribution in [0.1, 0.15) is 51.4 Å². The molecule has 1 aliphatic heterocycles. The molecule has 0 unspecified atom stereocenters. The Morgan fingerprint density at radius 2 is 1.81 bits per heavy atom. The Morgan fingerprint density at radius 1 is 1.10 bits per heavy atom. The van der Waals surface area contributed by atoms with Gasteiger partial charge in [-0.25, -0.2) is 0 Å². The molecule has 2 fully saturated rings. The Bertz CT molecular complexity index is 392. The van der Waals surface area contributed by atoms with Crippen molar-refractivity contribution in [3.8, 4) is 0 Å². The van der Waals surface area contributed by atoms with Crippen molar-refractivity contribution < 1.29 is 14.4 Å². The monoisotopic (exact) mass is 295 g/mol. The van der Waals surface area contributed by atoms with Gasteiger partial charge in [-0.2, -0.15) is 0 Å². The maximum Gasteiger partial charge on any atom is 0.242 e. The molecular weight excluding hydrogens is 270 g/mol. The maximum atomic E-state index is 11.8. The first kappa shape index (κ1) is 15.8. The minimum atomic E-state index is -0.425. The Balaban J connectivity index is 1.64. The zero-order valence-corrected chi connectivity index (χ0v) is 12.5. The normalized spacial score (nSPS) is 23.2. The molecule has 21 heavy (non-hydrogen) atoms. The summed E-state index contributed by atoms with van der Waals surface area (Å²) in [6.07, 6.45) is 6.96. The first-order valence-electron chi connectivity index (χ1n) is 8.01. The molecule has 2 aliphatic rings. The number of nitrogens with one attached hydrogen (secondary N) is 3. The third-order valence-electron chi connectivity index (χ3n) is 4.25. The van der Waals surface area contributed by atoms with Crippen LogP contribution in [-0.2, 0) is 14.4 Å². The molecule has 3 N–H and O–H groups in total. The summed E-state index contributed by atoms with van der Waals surface area (Å²) < 4.78 is 0. The Kier molecular flexibility index (Phi) is 6.02. The van der Waals surface area contributed by atoms with Gasteiger partial charge in [-0.1, -0.05) is 12.8 Å². The lowest BCUT2D eigenvalue weighted by atomic mass is 10.1. The second kappa shape index (κ2) is 8.00. The molecule has 0 aromatic heterocycles. The van der Waals surface area contributed by atoms with Crippen LogP contribution in [0.15, 0.2) is 0 Å². The lowest BCUT2D eigenvalue weighted by molar-refractivity contribution is -0.129. The fourth-order valence-corrected chi connectivity index (χ4v) is 2.98. The lowest BCUT2D eigenvalue weighted by Crippen LogP contribution is -2.46. The number of hydrogen-bond donors (Lipinski definition) is 3. The minimum absolute atomic E-state index is 0.0625. The highest BCUT2D eigenvalue weighted by Gasteiger charge is 2.24. The smallest absolute Gasteiger partial charge is 0.242 e. The van der Waals surface area contributed by atoms with Crippen LogP contribution in [0.3, 0.4) is 0 Å². The topological polar surface area (TPSA) is 87.3 Å². The molecule has 6 heteroatoms. The second-order valence-corrected chi connectivity index (χ2v) is 5.93. The van der Waals surface area contributed by atoms with Crippen molar-refractivity contribution in [1.82, 2.24) is 16.0 Å². The van der Waals surface area contributed by atoms with Gasteiger partial charge in [0.2, 0.25) is 17.7 Å². The minimum Gasteiger partial charge on any atom is -0.355 e. The van der Waals surface area contributed by atoms with Gasteiger partial charge in [0.15, 0.2) is 0 Å². The van der Waals surface area contributed by atoms with Crippen LogP contribution in [0.5, 0.6) is 0 Å². The summed E-state index contributed by atoms with van der Waals surface area (Å²) in [5, 5.41) is 8.35. The summed E-state index contributed by atoms with van der Waals surface area (Å²) in [5.74, 6) is -0.0900. The lowest BCUT2D eigenvalue weighted by Gasteiger charge is -2.15. The molecule has 0 aromatic carbocycles. The van der Waals surface area contributed by atoms with Crippen LogP contribution >= 0.6 is 0 Å². The third kappa shape index (κ3) is 5.02. The summed E-state index contributed by atoms with van der Waals surface area (Å²) in [4.78, 5) is 35.3. The van der Waals surface area contributed by atoms with E-state index >= 15 is 0 Å². The van der Waals surface area contributed by atoms with E-state index in [0.29, 0.717) is 19.5 Å². The molecule has 2 rings (SSSR count). The van der Waals surface area contributed by atoms with E-state index in [0.717, 1.165) is 38.5 Å². The van der Waals surface area contributed by atoms with Crippen molar-refractivity contribution in [2.75, 3.05) is 13.1 Å². The van der Waals surface area contributed by atoms with E-state index in [1.165, 1.54) is 0 Å². The van der Waals surface area contributed by atoms with Crippen LogP contribution in [0.4, 0.5) is 0 Å². The molecule has 1 saturated heterocycles. The summed E-state index contributed by atoms with van der Waals surface area (Å²) in [7, 11) is 0. The average Bonchev–Trinajstić information content (AvgIpc) is 2.92. The van der Waals surface area contributed by atoms with Crippen molar-refractivity contribution in [3.63, 3.8) is 0 Å². The number of hydrogen-bond acceptors (Lipinski definition) is 3. The second-order valence-electron chi connectivity index (χ2n) is 5.93. The van der Waals surface area contributed by atoms with Crippen LogP contribution in [0.2, 0.25) is 0 Å². The van der Waals surface area contributed by atoms with E-state index in [4.69, 9.17) is 0 Å². The molecule has 0 spiro atoms. The Labute approximate surface area is 125 Å². The van der Waals surface area contributed by atoms with Crippen molar-refractivity contribution in [1.29, 1.82) is 0 Å². The SMILES string of the molecule is O=C(CCNC(=O)C1CCCC1)N[C@@H]1CCCCNC1=O. The van der Waals surface area contributed by atoms with E-state index in [2.05, 4.69) is 16.0 Å². The highest BCUT2D eigenvalue weighted by molar-refractivity contribution is 5.88. The fraction of sp³-hybridized carbons (Fsp3) is 0.800. The summed E-state index contributed by atoms with van der Waals surface area (Å²) in [5.41, 5.74) is 0. The fourth-order valence-electron chi connectivity index (χ4n) is 2.98. The summed E-state index contributed by atoms with van der Waals surface area (Å²) >= 11 is 0. The van der Waals surface area contributed by atoms with Crippen LogP contribution in [0, 0.1) is 5.92 Å². The largest absolute Gasteiger partial charge is 0.355 e. The third-order valence-corrected chi connectivity index (χ3v) is 4.25.